The normalized spacial score (nSPS) is 33.0. The minimum atomic E-state index is -1.06. The van der Waals surface area contributed by atoms with E-state index in [-0.39, 0.29) is 36.6 Å². The maximum Gasteiger partial charge on any atom is 0.404 e. The van der Waals surface area contributed by atoms with E-state index < -0.39 is 6.09 Å². The SMILES string of the molecule is CC(C)(C)O[C@H](CNC(=O)O)[C@H]1OC[C@@H]2O[C@H]12. The Hall–Kier alpha value is -0.850. The summed E-state index contributed by atoms with van der Waals surface area (Å²) in [5.41, 5.74) is -0.346. The monoisotopic (exact) mass is 245 g/mol. The van der Waals surface area contributed by atoms with Crippen LogP contribution in [0, 0.1) is 0 Å². The molecule has 6 nitrogen and oxygen atoms in total. The zero-order valence-corrected chi connectivity index (χ0v) is 10.3. The molecule has 0 aromatic carbocycles. The summed E-state index contributed by atoms with van der Waals surface area (Å²) in [6.07, 6.45) is -1.30. The summed E-state index contributed by atoms with van der Waals surface area (Å²) in [5.74, 6) is 0. The van der Waals surface area contributed by atoms with Crippen molar-refractivity contribution in [3.05, 3.63) is 0 Å². The van der Waals surface area contributed by atoms with Crippen LogP contribution >= 0.6 is 0 Å². The van der Waals surface area contributed by atoms with Gasteiger partial charge in [0, 0.05) is 6.54 Å². The molecule has 0 aromatic heterocycles. The summed E-state index contributed by atoms with van der Waals surface area (Å²) < 4.78 is 16.8. The average molecular weight is 245 g/mol. The van der Waals surface area contributed by atoms with E-state index in [9.17, 15) is 4.79 Å². The second-order valence-electron chi connectivity index (χ2n) is 5.39. The van der Waals surface area contributed by atoms with Gasteiger partial charge in [0.1, 0.15) is 24.4 Å². The van der Waals surface area contributed by atoms with E-state index in [0.29, 0.717) is 6.61 Å². The van der Waals surface area contributed by atoms with Gasteiger partial charge in [0.05, 0.1) is 12.2 Å². The molecule has 0 bridgehead atoms. The smallest absolute Gasteiger partial charge is 0.404 e. The number of hydrogen-bond acceptors (Lipinski definition) is 4. The quantitative estimate of drug-likeness (QED) is 0.709. The van der Waals surface area contributed by atoms with Gasteiger partial charge >= 0.3 is 6.09 Å². The molecular weight excluding hydrogens is 226 g/mol. The number of carbonyl (C=O) groups is 1. The van der Waals surface area contributed by atoms with Crippen molar-refractivity contribution in [3.63, 3.8) is 0 Å². The third-order valence-electron chi connectivity index (χ3n) is 2.72. The molecule has 0 aromatic rings. The van der Waals surface area contributed by atoms with Gasteiger partial charge in [-0.1, -0.05) is 0 Å². The minimum absolute atomic E-state index is 0.0675. The van der Waals surface area contributed by atoms with Crippen LogP contribution in [0.2, 0.25) is 0 Å². The summed E-state index contributed by atoms with van der Waals surface area (Å²) in [4.78, 5) is 10.5. The van der Waals surface area contributed by atoms with Crippen molar-refractivity contribution in [3.8, 4) is 0 Å². The molecule has 0 unspecified atom stereocenters. The second kappa shape index (κ2) is 4.44. The van der Waals surface area contributed by atoms with Crippen molar-refractivity contribution < 1.29 is 24.1 Å². The Morgan fingerprint density at radius 3 is 2.71 bits per heavy atom. The number of fused-ring (bicyclic) bond motifs is 1. The number of ether oxygens (including phenoxy) is 3. The van der Waals surface area contributed by atoms with Crippen LogP contribution in [0.5, 0.6) is 0 Å². The van der Waals surface area contributed by atoms with Crippen LogP contribution in [-0.2, 0) is 14.2 Å². The molecule has 0 saturated carbocycles. The van der Waals surface area contributed by atoms with Gasteiger partial charge in [0.15, 0.2) is 0 Å². The molecular formula is C11H19NO5. The highest BCUT2D eigenvalue weighted by atomic mass is 16.7. The molecule has 2 aliphatic heterocycles. The summed E-state index contributed by atoms with van der Waals surface area (Å²) in [6, 6.07) is 0. The van der Waals surface area contributed by atoms with Gasteiger partial charge in [-0.25, -0.2) is 4.79 Å². The maximum absolute atomic E-state index is 10.5. The number of epoxide rings is 1. The van der Waals surface area contributed by atoms with Crippen molar-refractivity contribution in [2.45, 2.75) is 50.8 Å². The van der Waals surface area contributed by atoms with Gasteiger partial charge in [-0.05, 0) is 20.8 Å². The average Bonchev–Trinajstić information content (AvgIpc) is 2.84. The van der Waals surface area contributed by atoms with E-state index in [1.165, 1.54) is 0 Å². The Morgan fingerprint density at radius 2 is 2.29 bits per heavy atom. The zero-order chi connectivity index (χ0) is 12.6. The molecule has 6 heteroatoms. The molecule has 2 aliphatic rings. The van der Waals surface area contributed by atoms with Crippen LogP contribution < -0.4 is 5.32 Å². The van der Waals surface area contributed by atoms with Crippen LogP contribution in [0.15, 0.2) is 0 Å². The zero-order valence-electron chi connectivity index (χ0n) is 10.3. The number of carboxylic acid groups (broad SMARTS) is 1. The van der Waals surface area contributed by atoms with E-state index in [4.69, 9.17) is 19.3 Å². The van der Waals surface area contributed by atoms with Crippen molar-refractivity contribution in [1.82, 2.24) is 5.32 Å². The van der Waals surface area contributed by atoms with Crippen molar-refractivity contribution in [2.75, 3.05) is 13.2 Å². The molecule has 2 fully saturated rings. The molecule has 2 heterocycles. The van der Waals surface area contributed by atoms with Crippen molar-refractivity contribution in [2.24, 2.45) is 0 Å². The third-order valence-corrected chi connectivity index (χ3v) is 2.72. The molecule has 2 N–H and O–H groups in total. The molecule has 1 amide bonds. The van der Waals surface area contributed by atoms with Crippen LogP contribution in [0.4, 0.5) is 4.79 Å². The molecule has 4 atom stereocenters. The lowest BCUT2D eigenvalue weighted by Crippen LogP contribution is -2.46. The summed E-state index contributed by atoms with van der Waals surface area (Å²) >= 11 is 0. The van der Waals surface area contributed by atoms with Gasteiger partial charge in [-0.3, -0.25) is 0 Å². The Bertz CT molecular complexity index is 301. The topological polar surface area (TPSA) is 80.3 Å². The molecule has 0 radical (unpaired) electrons. The lowest BCUT2D eigenvalue weighted by Gasteiger charge is -2.31. The van der Waals surface area contributed by atoms with Gasteiger partial charge in [0.2, 0.25) is 0 Å². The summed E-state index contributed by atoms with van der Waals surface area (Å²) in [5, 5.41) is 11.0. The predicted molar refractivity (Wildman–Crippen MR) is 59.1 cm³/mol. The Labute approximate surface area is 100 Å². The Balaban J connectivity index is 1.93. The number of rotatable bonds is 4. The van der Waals surface area contributed by atoms with E-state index in [1.54, 1.807) is 0 Å². The van der Waals surface area contributed by atoms with E-state index in [0.717, 1.165) is 0 Å². The summed E-state index contributed by atoms with van der Waals surface area (Å²) in [7, 11) is 0. The third kappa shape index (κ3) is 3.31. The fraction of sp³-hybridized carbons (Fsp3) is 0.909. The summed E-state index contributed by atoms with van der Waals surface area (Å²) in [6.45, 7) is 6.58. The Morgan fingerprint density at radius 1 is 1.59 bits per heavy atom. The lowest BCUT2D eigenvalue weighted by atomic mass is 10.1. The molecule has 98 valence electrons. The number of nitrogens with one attached hydrogen (secondary N) is 1. The number of hydrogen-bond donors (Lipinski definition) is 2. The predicted octanol–water partition coefficient (Wildman–Crippen LogP) is 0.604. The first-order chi connectivity index (χ1) is 7.87. The van der Waals surface area contributed by atoms with Gasteiger partial charge in [-0.15, -0.1) is 0 Å². The highest BCUT2D eigenvalue weighted by molar-refractivity contribution is 5.64. The second-order valence-corrected chi connectivity index (χ2v) is 5.39. The van der Waals surface area contributed by atoms with Gasteiger partial charge < -0.3 is 24.6 Å². The highest BCUT2D eigenvalue weighted by Crippen LogP contribution is 2.37. The number of amides is 1. The van der Waals surface area contributed by atoms with E-state index in [2.05, 4.69) is 5.32 Å². The standard InChI is InChI=1S/C11H19NO5/c1-11(2,3)17-6(4-12-10(13)14)8-9-7(16-9)5-15-8/h6-9,12H,4-5H2,1-3H3,(H,13,14)/t6-,7+,8-,9+/m1/s1. The molecule has 0 aliphatic carbocycles. The Kier molecular flexibility index (Phi) is 3.29. The van der Waals surface area contributed by atoms with Crippen molar-refractivity contribution in [1.29, 1.82) is 0 Å². The van der Waals surface area contributed by atoms with Crippen LogP contribution in [-0.4, -0.2) is 54.4 Å². The van der Waals surface area contributed by atoms with Gasteiger partial charge in [-0.2, -0.15) is 0 Å². The van der Waals surface area contributed by atoms with E-state index in [1.807, 2.05) is 20.8 Å². The lowest BCUT2D eigenvalue weighted by molar-refractivity contribution is -0.129. The minimum Gasteiger partial charge on any atom is -0.465 e. The molecule has 2 saturated heterocycles. The first-order valence-electron chi connectivity index (χ1n) is 5.78. The first-order valence-corrected chi connectivity index (χ1v) is 5.78. The molecule has 2 rings (SSSR count). The fourth-order valence-electron chi connectivity index (χ4n) is 2.07. The van der Waals surface area contributed by atoms with Crippen LogP contribution in [0.25, 0.3) is 0 Å². The van der Waals surface area contributed by atoms with E-state index >= 15 is 0 Å². The highest BCUT2D eigenvalue weighted by Gasteiger charge is 2.55. The maximum atomic E-state index is 10.5. The first kappa shape index (κ1) is 12.6. The van der Waals surface area contributed by atoms with Crippen LogP contribution in [0.3, 0.4) is 0 Å². The van der Waals surface area contributed by atoms with Crippen LogP contribution in [0.1, 0.15) is 20.8 Å². The fourth-order valence-corrected chi connectivity index (χ4v) is 2.07. The van der Waals surface area contributed by atoms with Gasteiger partial charge in [0.25, 0.3) is 0 Å². The molecule has 0 spiro atoms. The molecule has 17 heavy (non-hydrogen) atoms. The largest absolute Gasteiger partial charge is 0.465 e. The van der Waals surface area contributed by atoms with Crippen molar-refractivity contribution >= 4 is 6.09 Å².